The van der Waals surface area contributed by atoms with Crippen molar-refractivity contribution in [1.29, 1.82) is 0 Å². The van der Waals surface area contributed by atoms with Gasteiger partial charge in [0.25, 0.3) is 0 Å². The highest BCUT2D eigenvalue weighted by atomic mass is 32.2. The van der Waals surface area contributed by atoms with Crippen molar-refractivity contribution in [2.45, 2.75) is 31.0 Å². The maximum Gasteiger partial charge on any atom is 0.321 e. The first-order chi connectivity index (χ1) is 13.0. The molecule has 0 saturated heterocycles. The number of hydrogen-bond acceptors (Lipinski definition) is 6. The Morgan fingerprint density at radius 3 is 2.67 bits per heavy atom. The van der Waals surface area contributed by atoms with Crippen molar-refractivity contribution >= 4 is 45.3 Å². The van der Waals surface area contributed by atoms with Gasteiger partial charge in [0.2, 0.25) is 5.91 Å². The topological polar surface area (TPSA) is 84.0 Å². The molecule has 140 valence electrons. The van der Waals surface area contributed by atoms with Crippen LogP contribution >= 0.6 is 23.1 Å². The number of carbonyl (C=O) groups excluding carboxylic acids is 2. The maximum absolute atomic E-state index is 12.2. The second kappa shape index (κ2) is 8.49. The predicted octanol–water partition coefficient (Wildman–Crippen LogP) is 3.99. The lowest BCUT2D eigenvalue weighted by molar-refractivity contribution is -0.119. The SMILES string of the molecule is CCNC(=O)NC(=O)C(C)Sc1nc(C)nc2sc(-c3ccccc3)cc12. The number of benzene rings is 1. The maximum atomic E-state index is 12.2. The normalized spacial score (nSPS) is 12.0. The number of amides is 3. The van der Waals surface area contributed by atoms with E-state index in [1.54, 1.807) is 25.2 Å². The molecule has 0 bridgehead atoms. The summed E-state index contributed by atoms with van der Waals surface area (Å²) in [6, 6.07) is 11.7. The molecule has 1 unspecified atom stereocenters. The molecule has 0 fully saturated rings. The van der Waals surface area contributed by atoms with E-state index in [2.05, 4.69) is 38.8 Å². The highest BCUT2D eigenvalue weighted by molar-refractivity contribution is 8.00. The molecule has 0 radical (unpaired) electrons. The number of thioether (sulfide) groups is 1. The molecule has 6 nitrogen and oxygen atoms in total. The average molecular weight is 401 g/mol. The Kier molecular flexibility index (Phi) is 6.08. The zero-order valence-corrected chi connectivity index (χ0v) is 16.9. The fourth-order valence-corrected chi connectivity index (χ4v) is 4.59. The fraction of sp³-hybridized carbons (Fsp3) is 0.263. The summed E-state index contributed by atoms with van der Waals surface area (Å²) in [5.41, 5.74) is 1.12. The molecular weight excluding hydrogens is 380 g/mol. The quantitative estimate of drug-likeness (QED) is 0.500. The van der Waals surface area contributed by atoms with Crippen molar-refractivity contribution in [3.8, 4) is 10.4 Å². The number of nitrogens with zero attached hydrogens (tertiary/aromatic N) is 2. The Balaban J connectivity index is 1.86. The van der Waals surface area contributed by atoms with Crippen LogP contribution in [0, 0.1) is 6.92 Å². The molecule has 0 aliphatic rings. The number of imide groups is 1. The van der Waals surface area contributed by atoms with Crippen molar-refractivity contribution < 1.29 is 9.59 Å². The van der Waals surface area contributed by atoms with E-state index in [4.69, 9.17) is 0 Å². The smallest absolute Gasteiger partial charge is 0.321 e. The molecule has 1 aromatic carbocycles. The van der Waals surface area contributed by atoms with Crippen LogP contribution in [-0.2, 0) is 4.79 Å². The van der Waals surface area contributed by atoms with Crippen LogP contribution in [0.3, 0.4) is 0 Å². The summed E-state index contributed by atoms with van der Waals surface area (Å²) in [5.74, 6) is 0.302. The van der Waals surface area contributed by atoms with Crippen molar-refractivity contribution in [3.63, 3.8) is 0 Å². The molecule has 0 spiro atoms. The van der Waals surface area contributed by atoms with E-state index >= 15 is 0 Å². The Morgan fingerprint density at radius 2 is 1.96 bits per heavy atom. The summed E-state index contributed by atoms with van der Waals surface area (Å²) in [6.07, 6.45) is 0. The molecular formula is C19H20N4O2S2. The highest BCUT2D eigenvalue weighted by Gasteiger charge is 2.20. The van der Waals surface area contributed by atoms with Crippen LogP contribution in [0.5, 0.6) is 0 Å². The number of aryl methyl sites for hydroxylation is 1. The molecule has 0 aliphatic heterocycles. The molecule has 2 aromatic heterocycles. The number of thiophene rings is 1. The van der Waals surface area contributed by atoms with Crippen molar-refractivity contribution in [1.82, 2.24) is 20.6 Å². The van der Waals surface area contributed by atoms with Gasteiger partial charge in [-0.1, -0.05) is 42.1 Å². The van der Waals surface area contributed by atoms with Crippen LogP contribution in [0.2, 0.25) is 0 Å². The van der Waals surface area contributed by atoms with Crippen LogP contribution in [0.1, 0.15) is 19.7 Å². The number of urea groups is 1. The van der Waals surface area contributed by atoms with E-state index in [-0.39, 0.29) is 5.91 Å². The number of nitrogens with one attached hydrogen (secondary N) is 2. The third kappa shape index (κ3) is 4.64. The third-order valence-corrected chi connectivity index (χ3v) is 5.94. The van der Waals surface area contributed by atoms with E-state index in [0.717, 1.165) is 25.7 Å². The average Bonchev–Trinajstić information content (AvgIpc) is 3.06. The Morgan fingerprint density at radius 1 is 1.22 bits per heavy atom. The predicted molar refractivity (Wildman–Crippen MR) is 110 cm³/mol. The Hall–Kier alpha value is -2.45. The molecule has 3 rings (SSSR count). The van der Waals surface area contributed by atoms with Gasteiger partial charge in [-0.3, -0.25) is 10.1 Å². The molecule has 8 heteroatoms. The van der Waals surface area contributed by atoms with Crippen LogP contribution < -0.4 is 10.6 Å². The highest BCUT2D eigenvalue weighted by Crippen LogP contribution is 2.37. The summed E-state index contributed by atoms with van der Waals surface area (Å²) in [4.78, 5) is 34.9. The van der Waals surface area contributed by atoms with Gasteiger partial charge in [0.05, 0.1) is 5.25 Å². The minimum Gasteiger partial charge on any atom is -0.338 e. The summed E-state index contributed by atoms with van der Waals surface area (Å²) in [7, 11) is 0. The lowest BCUT2D eigenvalue weighted by atomic mass is 10.2. The van der Waals surface area contributed by atoms with Gasteiger partial charge < -0.3 is 5.32 Å². The number of aromatic nitrogens is 2. The van der Waals surface area contributed by atoms with Gasteiger partial charge in [0.1, 0.15) is 15.7 Å². The summed E-state index contributed by atoms with van der Waals surface area (Å²) < 4.78 is 0. The third-order valence-electron chi connectivity index (χ3n) is 3.76. The van der Waals surface area contributed by atoms with Gasteiger partial charge in [0.15, 0.2) is 0 Å². The Labute approximate surface area is 165 Å². The second-order valence-electron chi connectivity index (χ2n) is 5.88. The number of carbonyl (C=O) groups is 2. The van der Waals surface area contributed by atoms with Crippen molar-refractivity contribution in [2.24, 2.45) is 0 Å². The van der Waals surface area contributed by atoms with Crippen LogP contribution in [0.4, 0.5) is 4.79 Å². The molecule has 2 N–H and O–H groups in total. The molecule has 27 heavy (non-hydrogen) atoms. The van der Waals surface area contributed by atoms with Crippen LogP contribution in [0.25, 0.3) is 20.7 Å². The second-order valence-corrected chi connectivity index (χ2v) is 8.24. The number of fused-ring (bicyclic) bond motifs is 1. The van der Waals surface area contributed by atoms with E-state index < -0.39 is 11.3 Å². The summed E-state index contributed by atoms with van der Waals surface area (Å²) in [5, 5.41) is 6.10. The van der Waals surface area contributed by atoms with Gasteiger partial charge in [-0.05, 0) is 32.4 Å². The van der Waals surface area contributed by atoms with Crippen LogP contribution in [-0.4, -0.2) is 33.7 Å². The first-order valence-corrected chi connectivity index (χ1v) is 10.3. The lowest BCUT2D eigenvalue weighted by Gasteiger charge is -2.11. The first kappa shape index (κ1) is 19.3. The molecule has 3 amide bonds. The zero-order chi connectivity index (χ0) is 19.4. The van der Waals surface area contributed by atoms with Gasteiger partial charge in [-0.25, -0.2) is 14.8 Å². The lowest BCUT2D eigenvalue weighted by Crippen LogP contribution is -2.42. The number of rotatable bonds is 5. The van der Waals surface area contributed by atoms with E-state index in [9.17, 15) is 9.59 Å². The van der Waals surface area contributed by atoms with E-state index in [1.807, 2.05) is 25.1 Å². The number of hydrogen-bond donors (Lipinski definition) is 2. The molecule has 0 aliphatic carbocycles. The minimum absolute atomic E-state index is 0.353. The van der Waals surface area contributed by atoms with Gasteiger partial charge in [-0.2, -0.15) is 0 Å². The fourth-order valence-electron chi connectivity index (χ4n) is 2.47. The van der Waals surface area contributed by atoms with Crippen molar-refractivity contribution in [3.05, 3.63) is 42.2 Å². The van der Waals surface area contributed by atoms with Gasteiger partial charge in [-0.15, -0.1) is 11.3 Å². The minimum atomic E-state index is -0.485. The summed E-state index contributed by atoms with van der Waals surface area (Å²) >= 11 is 2.93. The monoisotopic (exact) mass is 400 g/mol. The molecule has 0 saturated carbocycles. The molecule has 3 aromatic rings. The van der Waals surface area contributed by atoms with Gasteiger partial charge in [0, 0.05) is 16.8 Å². The largest absolute Gasteiger partial charge is 0.338 e. The van der Waals surface area contributed by atoms with Gasteiger partial charge >= 0.3 is 6.03 Å². The first-order valence-electron chi connectivity index (χ1n) is 8.57. The zero-order valence-electron chi connectivity index (χ0n) is 15.3. The van der Waals surface area contributed by atoms with Crippen molar-refractivity contribution in [2.75, 3.05) is 6.54 Å². The van der Waals surface area contributed by atoms with Crippen LogP contribution in [0.15, 0.2) is 41.4 Å². The molecule has 2 heterocycles. The molecule has 1 atom stereocenters. The van der Waals surface area contributed by atoms with E-state index in [0.29, 0.717) is 12.4 Å². The summed E-state index contributed by atoms with van der Waals surface area (Å²) in [6.45, 7) is 5.85. The Bertz CT molecular complexity index is 973. The van der Waals surface area contributed by atoms with E-state index in [1.165, 1.54) is 11.8 Å². The standard InChI is InChI=1S/C19H20N4O2S2/c1-4-20-19(25)23-16(24)11(2)26-17-14-10-15(13-8-6-5-7-9-13)27-18(14)22-12(3)21-17/h5-11H,4H2,1-3H3,(H2,20,23,24,25).